The van der Waals surface area contributed by atoms with Gasteiger partial charge in [-0.1, -0.05) is 279 Å². The summed E-state index contributed by atoms with van der Waals surface area (Å²) in [6.07, 6.45) is 87.2. The van der Waals surface area contributed by atoms with Gasteiger partial charge in [-0.25, -0.2) is 0 Å². The van der Waals surface area contributed by atoms with Gasteiger partial charge in [0.1, 0.15) is 13.2 Å². The second kappa shape index (κ2) is 64.9. The fourth-order valence-electron chi connectivity index (χ4n) is 9.21. The normalized spacial score (nSPS) is 12.7. The maximum atomic E-state index is 12.9. The van der Waals surface area contributed by atoms with Crippen molar-refractivity contribution in [1.29, 1.82) is 0 Å². The van der Waals surface area contributed by atoms with Crippen LogP contribution in [0.15, 0.2) is 97.2 Å². The van der Waals surface area contributed by atoms with Gasteiger partial charge in [-0.05, 0) is 116 Å². The summed E-state index contributed by atoms with van der Waals surface area (Å²) in [6.45, 7) is 6.40. The van der Waals surface area contributed by atoms with Crippen molar-refractivity contribution >= 4 is 17.9 Å². The number of esters is 3. The highest BCUT2D eigenvalue weighted by Crippen LogP contribution is 2.17. The lowest BCUT2D eigenvalue weighted by Gasteiger charge is -2.18. The molecule has 6 nitrogen and oxygen atoms in total. The van der Waals surface area contributed by atoms with Crippen molar-refractivity contribution in [3.05, 3.63) is 97.2 Å². The smallest absolute Gasteiger partial charge is 0.306 e. The van der Waals surface area contributed by atoms with E-state index in [4.69, 9.17) is 14.2 Å². The first kappa shape index (κ1) is 73.3. The Kier molecular flexibility index (Phi) is 61.8. The number of carbonyl (C=O) groups excluding carboxylic acids is 3. The Bertz CT molecular complexity index is 1510. The molecule has 77 heavy (non-hydrogen) atoms. The third-order valence-electron chi connectivity index (χ3n) is 14.1. The molecule has 0 saturated carbocycles. The Morgan fingerprint density at radius 3 is 0.818 bits per heavy atom. The Morgan fingerprint density at radius 1 is 0.273 bits per heavy atom. The molecule has 0 spiro atoms. The molecule has 0 amide bonds. The van der Waals surface area contributed by atoms with Crippen molar-refractivity contribution in [2.45, 2.75) is 322 Å². The van der Waals surface area contributed by atoms with Crippen LogP contribution in [0, 0.1) is 0 Å². The Balaban J connectivity index is 4.29. The molecule has 0 aliphatic carbocycles. The molecule has 0 radical (unpaired) electrons. The number of hydrogen-bond donors (Lipinski definition) is 0. The molecule has 0 heterocycles. The molecule has 442 valence electrons. The van der Waals surface area contributed by atoms with E-state index in [1.165, 1.54) is 154 Å². The average Bonchev–Trinajstić information content (AvgIpc) is 3.43. The summed E-state index contributed by atoms with van der Waals surface area (Å²) in [5, 5.41) is 0. The number of ether oxygens (including phenoxy) is 3. The molecule has 0 aromatic heterocycles. The minimum absolute atomic E-state index is 0.0918. The maximum absolute atomic E-state index is 12.9. The highest BCUT2D eigenvalue weighted by molar-refractivity contribution is 5.71. The molecule has 0 fully saturated rings. The van der Waals surface area contributed by atoms with E-state index < -0.39 is 6.10 Å². The number of carbonyl (C=O) groups is 3. The van der Waals surface area contributed by atoms with E-state index in [2.05, 4.69) is 118 Å². The van der Waals surface area contributed by atoms with E-state index in [0.717, 1.165) is 122 Å². The number of rotatable bonds is 59. The number of unbranched alkanes of at least 4 members (excludes halogenated alkanes) is 32. The van der Waals surface area contributed by atoms with Crippen LogP contribution in [-0.2, 0) is 28.6 Å². The summed E-state index contributed by atoms with van der Waals surface area (Å²) in [4.78, 5) is 38.3. The molecule has 0 N–H and O–H groups in total. The van der Waals surface area contributed by atoms with Crippen molar-refractivity contribution in [3.63, 3.8) is 0 Å². The first-order chi connectivity index (χ1) is 38.0. The first-order valence-electron chi connectivity index (χ1n) is 32.7. The standard InChI is InChI=1S/C71H122O6/c1-4-7-10-13-16-19-22-25-27-29-31-32-33-34-35-36-37-38-40-41-43-46-49-52-55-58-61-64-70(73)76-67-68(66-75-69(72)63-60-57-54-51-48-45-24-21-18-15-12-9-6-3)77-71(74)65-62-59-56-53-50-47-44-42-39-30-28-26-23-20-17-14-11-8-5-2/h8-9,11-12,17-18,20-21,26,28-29,31,39,42,45,48,68H,4-7,10,13-16,19,22-25,27,30,32-38,40-41,43-44,46-47,49-67H2,1-3H3/b11-8-,12-9-,20-17-,21-18-,28-26-,31-29-,42-39-,48-45-. The van der Waals surface area contributed by atoms with E-state index in [0.29, 0.717) is 19.3 Å². The van der Waals surface area contributed by atoms with Gasteiger partial charge in [-0.15, -0.1) is 0 Å². The van der Waals surface area contributed by atoms with Crippen LogP contribution in [0.5, 0.6) is 0 Å². The van der Waals surface area contributed by atoms with Gasteiger partial charge >= 0.3 is 17.9 Å². The van der Waals surface area contributed by atoms with Crippen LogP contribution < -0.4 is 0 Å². The molecule has 6 heteroatoms. The minimum Gasteiger partial charge on any atom is -0.462 e. The Morgan fingerprint density at radius 2 is 0.506 bits per heavy atom. The third-order valence-corrected chi connectivity index (χ3v) is 14.1. The van der Waals surface area contributed by atoms with Gasteiger partial charge in [-0.3, -0.25) is 14.4 Å². The van der Waals surface area contributed by atoms with E-state index in [9.17, 15) is 14.4 Å². The highest BCUT2D eigenvalue weighted by atomic mass is 16.6. The van der Waals surface area contributed by atoms with Crippen LogP contribution in [0.4, 0.5) is 0 Å². The van der Waals surface area contributed by atoms with Crippen molar-refractivity contribution in [3.8, 4) is 0 Å². The minimum atomic E-state index is -0.799. The molecule has 0 rings (SSSR count). The predicted molar refractivity (Wildman–Crippen MR) is 334 cm³/mol. The maximum Gasteiger partial charge on any atom is 0.306 e. The van der Waals surface area contributed by atoms with Crippen LogP contribution in [0.1, 0.15) is 316 Å². The van der Waals surface area contributed by atoms with E-state index in [-0.39, 0.29) is 31.1 Å². The van der Waals surface area contributed by atoms with Gasteiger partial charge in [-0.2, -0.15) is 0 Å². The Labute approximate surface area is 477 Å². The lowest BCUT2D eigenvalue weighted by Crippen LogP contribution is -2.30. The van der Waals surface area contributed by atoms with Crippen LogP contribution >= 0.6 is 0 Å². The van der Waals surface area contributed by atoms with Crippen molar-refractivity contribution in [2.24, 2.45) is 0 Å². The van der Waals surface area contributed by atoms with E-state index in [1.807, 2.05) is 0 Å². The summed E-state index contributed by atoms with van der Waals surface area (Å²) < 4.78 is 16.9. The van der Waals surface area contributed by atoms with Crippen LogP contribution in [0.3, 0.4) is 0 Å². The second-order valence-corrected chi connectivity index (χ2v) is 21.6. The van der Waals surface area contributed by atoms with Crippen LogP contribution in [0.2, 0.25) is 0 Å². The zero-order valence-corrected chi connectivity index (χ0v) is 50.7. The predicted octanol–water partition coefficient (Wildman–Crippen LogP) is 22.4. The quantitative estimate of drug-likeness (QED) is 0.0261. The largest absolute Gasteiger partial charge is 0.462 e. The summed E-state index contributed by atoms with van der Waals surface area (Å²) in [7, 11) is 0. The summed E-state index contributed by atoms with van der Waals surface area (Å²) >= 11 is 0. The first-order valence-corrected chi connectivity index (χ1v) is 32.7. The molecule has 0 aromatic carbocycles. The van der Waals surface area contributed by atoms with Gasteiger partial charge in [0.05, 0.1) is 0 Å². The van der Waals surface area contributed by atoms with Crippen molar-refractivity contribution in [2.75, 3.05) is 13.2 Å². The van der Waals surface area contributed by atoms with Gasteiger partial charge < -0.3 is 14.2 Å². The van der Waals surface area contributed by atoms with Crippen molar-refractivity contribution in [1.82, 2.24) is 0 Å². The fraction of sp³-hybridized carbons (Fsp3) is 0.732. The molecule has 0 aromatic rings. The monoisotopic (exact) mass is 1070 g/mol. The van der Waals surface area contributed by atoms with Crippen LogP contribution in [-0.4, -0.2) is 37.2 Å². The molecule has 1 unspecified atom stereocenters. The number of hydrogen-bond acceptors (Lipinski definition) is 6. The van der Waals surface area contributed by atoms with Gasteiger partial charge in [0.2, 0.25) is 0 Å². The summed E-state index contributed by atoms with van der Waals surface area (Å²) in [6, 6.07) is 0. The third kappa shape index (κ3) is 63.0. The lowest BCUT2D eigenvalue weighted by atomic mass is 10.0. The fourth-order valence-corrected chi connectivity index (χ4v) is 9.21. The topological polar surface area (TPSA) is 78.9 Å². The molecule has 0 bridgehead atoms. The van der Waals surface area contributed by atoms with Gasteiger partial charge in [0.15, 0.2) is 6.10 Å². The molecule has 1 atom stereocenters. The SMILES string of the molecule is CC/C=C\C/C=C\C/C=C\C/C=C\CCCCCCCCC(=O)OC(COC(=O)CCCCC/C=C\C/C=C\C/C=C\CC)COC(=O)CCCCCCCCCCCCCCCCC/C=C\CCCCCCCCCC. The van der Waals surface area contributed by atoms with E-state index in [1.54, 1.807) is 0 Å². The molecule has 0 aliphatic heterocycles. The molecule has 0 aliphatic rings. The summed E-state index contributed by atoms with van der Waals surface area (Å²) in [5.41, 5.74) is 0. The molecule has 0 saturated heterocycles. The average molecular weight is 1070 g/mol. The lowest BCUT2D eigenvalue weighted by molar-refractivity contribution is -0.167. The number of allylic oxidation sites excluding steroid dienone is 16. The van der Waals surface area contributed by atoms with Gasteiger partial charge in [0.25, 0.3) is 0 Å². The van der Waals surface area contributed by atoms with Crippen LogP contribution in [0.25, 0.3) is 0 Å². The van der Waals surface area contributed by atoms with Gasteiger partial charge in [0, 0.05) is 19.3 Å². The summed E-state index contributed by atoms with van der Waals surface area (Å²) in [5.74, 6) is -0.927. The Hall–Kier alpha value is -3.67. The van der Waals surface area contributed by atoms with Crippen molar-refractivity contribution < 1.29 is 28.6 Å². The second-order valence-electron chi connectivity index (χ2n) is 21.6. The zero-order chi connectivity index (χ0) is 55.7. The highest BCUT2D eigenvalue weighted by Gasteiger charge is 2.19. The van der Waals surface area contributed by atoms with E-state index >= 15 is 0 Å². The molecular weight excluding hydrogens is 949 g/mol. The molecular formula is C71H122O6. The zero-order valence-electron chi connectivity index (χ0n) is 50.7.